The van der Waals surface area contributed by atoms with E-state index < -0.39 is 58.0 Å². The molecule has 0 bridgehead atoms. The molecule has 0 saturated carbocycles. The van der Waals surface area contributed by atoms with Crippen molar-refractivity contribution >= 4 is 27.4 Å². The van der Waals surface area contributed by atoms with E-state index >= 15 is 0 Å². The van der Waals surface area contributed by atoms with E-state index in [-0.39, 0.29) is 17.9 Å². The van der Waals surface area contributed by atoms with Crippen molar-refractivity contribution in [2.75, 3.05) is 5.75 Å². The summed E-state index contributed by atoms with van der Waals surface area (Å²) in [6.07, 6.45) is -0.469. The summed E-state index contributed by atoms with van der Waals surface area (Å²) >= 11 is 0. The molecule has 0 aliphatic carbocycles. The summed E-state index contributed by atoms with van der Waals surface area (Å²) in [7, 11) is -3.85. The number of carbonyl (C=O) groups excluding carboxylic acids is 3. The number of Topliss-reactive ketones (excluding diaryl/α,β-unsaturated/α-hetero) is 1. The molecule has 2 rings (SSSR count). The first-order valence-electron chi connectivity index (χ1n) is 9.96. The van der Waals surface area contributed by atoms with Gasteiger partial charge in [-0.3, -0.25) is 14.4 Å². The van der Waals surface area contributed by atoms with Crippen LogP contribution in [0.4, 0.5) is 8.78 Å². The number of hydrogen-bond donors (Lipinski definition) is 2. The highest BCUT2D eigenvalue weighted by Crippen LogP contribution is 2.22. The fourth-order valence-electron chi connectivity index (χ4n) is 2.83. The van der Waals surface area contributed by atoms with E-state index in [1.54, 1.807) is 24.3 Å². The van der Waals surface area contributed by atoms with Gasteiger partial charge in [0.2, 0.25) is 11.7 Å². The van der Waals surface area contributed by atoms with Crippen LogP contribution in [0.25, 0.3) is 0 Å². The fraction of sp³-hybridized carbons (Fsp3) is 0.318. The second-order valence-electron chi connectivity index (χ2n) is 7.15. The average Bonchev–Trinajstić information content (AvgIpc) is 2.77. The Morgan fingerprint density at radius 3 is 2.30 bits per heavy atom. The van der Waals surface area contributed by atoms with E-state index in [1.807, 2.05) is 6.07 Å². The number of alkyl halides is 2. The molecule has 0 aromatic heterocycles. The van der Waals surface area contributed by atoms with Crippen molar-refractivity contribution in [3.63, 3.8) is 0 Å². The van der Waals surface area contributed by atoms with Gasteiger partial charge in [-0.25, -0.2) is 8.42 Å². The predicted octanol–water partition coefficient (Wildman–Crippen LogP) is 1.98. The van der Waals surface area contributed by atoms with Crippen LogP contribution in [-0.2, 0) is 36.5 Å². The SMILES string of the molecule is C[C@H](NC(=O)CCS(=O)(=O)Cc1ccccc1OC(F)F)C(=O)C(=O)NCc1ccccc1. The zero-order chi connectivity index (χ0) is 24.4. The Kier molecular flexibility index (Phi) is 9.46. The number of para-hydroxylation sites is 1. The molecule has 0 unspecified atom stereocenters. The minimum Gasteiger partial charge on any atom is -0.435 e. The third kappa shape index (κ3) is 8.97. The van der Waals surface area contributed by atoms with Crippen LogP contribution in [-0.4, -0.2) is 44.4 Å². The molecule has 0 heterocycles. The maximum Gasteiger partial charge on any atom is 0.387 e. The highest BCUT2D eigenvalue weighted by Gasteiger charge is 2.24. The lowest BCUT2D eigenvalue weighted by molar-refractivity contribution is -0.139. The third-order valence-electron chi connectivity index (χ3n) is 4.49. The molecule has 2 aromatic rings. The largest absolute Gasteiger partial charge is 0.435 e. The molecule has 2 amide bonds. The van der Waals surface area contributed by atoms with Crippen molar-refractivity contribution in [3.8, 4) is 5.75 Å². The maximum absolute atomic E-state index is 12.5. The summed E-state index contributed by atoms with van der Waals surface area (Å²) in [5.41, 5.74) is 0.831. The van der Waals surface area contributed by atoms with Crippen LogP contribution < -0.4 is 15.4 Å². The van der Waals surface area contributed by atoms with Gasteiger partial charge in [0, 0.05) is 18.5 Å². The van der Waals surface area contributed by atoms with Crippen LogP contribution in [0.1, 0.15) is 24.5 Å². The molecule has 178 valence electrons. The Labute approximate surface area is 190 Å². The van der Waals surface area contributed by atoms with Crippen LogP contribution in [0, 0.1) is 0 Å². The highest BCUT2D eigenvalue weighted by atomic mass is 32.2. The zero-order valence-electron chi connectivity index (χ0n) is 17.8. The van der Waals surface area contributed by atoms with Crippen molar-refractivity contribution in [1.29, 1.82) is 0 Å². The fourth-order valence-corrected chi connectivity index (χ4v) is 4.19. The third-order valence-corrected chi connectivity index (χ3v) is 6.07. The van der Waals surface area contributed by atoms with E-state index in [9.17, 15) is 31.6 Å². The molecule has 2 aromatic carbocycles. The van der Waals surface area contributed by atoms with Crippen LogP contribution in [0.15, 0.2) is 54.6 Å². The standard InChI is InChI=1S/C22H24F2N2O6S/c1-15(20(28)21(29)25-13-16-7-3-2-4-8-16)26-19(27)11-12-33(30,31)14-17-9-5-6-10-18(17)32-22(23)24/h2-10,15,22H,11-14H2,1H3,(H,25,29)(H,26,27)/t15-/m0/s1. The van der Waals surface area contributed by atoms with E-state index in [2.05, 4.69) is 15.4 Å². The monoisotopic (exact) mass is 482 g/mol. The predicted molar refractivity (Wildman–Crippen MR) is 116 cm³/mol. The highest BCUT2D eigenvalue weighted by molar-refractivity contribution is 7.90. The molecule has 11 heteroatoms. The minimum atomic E-state index is -3.85. The Balaban J connectivity index is 1.83. The molecular weight excluding hydrogens is 458 g/mol. The summed E-state index contributed by atoms with van der Waals surface area (Å²) in [6, 6.07) is 13.2. The molecule has 33 heavy (non-hydrogen) atoms. The van der Waals surface area contributed by atoms with Crippen molar-refractivity contribution in [2.24, 2.45) is 0 Å². The van der Waals surface area contributed by atoms with Gasteiger partial charge in [-0.15, -0.1) is 0 Å². The maximum atomic E-state index is 12.5. The number of rotatable bonds is 12. The minimum absolute atomic E-state index is 0.0387. The molecule has 0 aliphatic heterocycles. The number of halogens is 2. The summed E-state index contributed by atoms with van der Waals surface area (Å²) in [5.74, 6) is -3.94. The van der Waals surface area contributed by atoms with Crippen LogP contribution in [0.3, 0.4) is 0 Å². The molecular formula is C22H24F2N2O6S. The quantitative estimate of drug-likeness (QED) is 0.447. The lowest BCUT2D eigenvalue weighted by Crippen LogP contribution is -2.45. The smallest absolute Gasteiger partial charge is 0.387 e. The van der Waals surface area contributed by atoms with Gasteiger partial charge in [0.25, 0.3) is 5.91 Å². The lowest BCUT2D eigenvalue weighted by Gasteiger charge is -2.13. The number of sulfone groups is 1. The van der Waals surface area contributed by atoms with Crippen molar-refractivity contribution in [2.45, 2.75) is 38.3 Å². The average molecular weight is 483 g/mol. The molecule has 0 aliphatic rings. The van der Waals surface area contributed by atoms with Gasteiger partial charge in [0.05, 0.1) is 17.5 Å². The summed E-state index contributed by atoms with van der Waals surface area (Å²) < 4.78 is 54.0. The Hall–Kier alpha value is -3.34. The Bertz CT molecular complexity index is 1080. The van der Waals surface area contributed by atoms with Gasteiger partial charge < -0.3 is 15.4 Å². The lowest BCUT2D eigenvalue weighted by atomic mass is 10.2. The molecule has 0 radical (unpaired) electrons. The van der Waals surface area contributed by atoms with E-state index in [0.29, 0.717) is 0 Å². The van der Waals surface area contributed by atoms with Crippen molar-refractivity contribution in [1.82, 2.24) is 10.6 Å². The Morgan fingerprint density at radius 1 is 1.00 bits per heavy atom. The van der Waals surface area contributed by atoms with E-state index in [1.165, 1.54) is 31.2 Å². The number of amides is 2. The number of ether oxygens (including phenoxy) is 1. The van der Waals surface area contributed by atoms with Gasteiger partial charge in [-0.2, -0.15) is 8.78 Å². The van der Waals surface area contributed by atoms with E-state index in [4.69, 9.17) is 0 Å². The van der Waals surface area contributed by atoms with Gasteiger partial charge in [-0.05, 0) is 18.6 Å². The van der Waals surface area contributed by atoms with Gasteiger partial charge in [-0.1, -0.05) is 48.5 Å². The summed E-state index contributed by atoms with van der Waals surface area (Å²) in [5, 5.41) is 4.75. The number of benzene rings is 2. The molecule has 8 nitrogen and oxygen atoms in total. The van der Waals surface area contributed by atoms with Crippen molar-refractivity contribution in [3.05, 3.63) is 65.7 Å². The molecule has 0 saturated heterocycles. The molecule has 0 spiro atoms. The molecule has 2 N–H and O–H groups in total. The van der Waals surface area contributed by atoms with Gasteiger partial charge >= 0.3 is 6.61 Å². The first kappa shape index (κ1) is 25.9. The second-order valence-corrected chi connectivity index (χ2v) is 9.33. The van der Waals surface area contributed by atoms with Crippen LogP contribution >= 0.6 is 0 Å². The van der Waals surface area contributed by atoms with Crippen LogP contribution in [0.2, 0.25) is 0 Å². The first-order valence-corrected chi connectivity index (χ1v) is 11.8. The Morgan fingerprint density at radius 2 is 1.64 bits per heavy atom. The zero-order valence-corrected chi connectivity index (χ0v) is 18.6. The summed E-state index contributed by atoms with van der Waals surface area (Å²) in [4.78, 5) is 36.2. The number of nitrogens with one attached hydrogen (secondary N) is 2. The van der Waals surface area contributed by atoms with Crippen LogP contribution in [0.5, 0.6) is 5.75 Å². The second kappa shape index (κ2) is 12.0. The van der Waals surface area contributed by atoms with Gasteiger partial charge in [0.15, 0.2) is 9.84 Å². The number of ketones is 1. The number of hydrogen-bond acceptors (Lipinski definition) is 6. The molecule has 0 fully saturated rings. The molecule has 1 atom stereocenters. The number of carbonyl (C=O) groups is 3. The topological polar surface area (TPSA) is 119 Å². The van der Waals surface area contributed by atoms with Crippen molar-refractivity contribution < 1.29 is 36.3 Å². The summed E-state index contributed by atoms with van der Waals surface area (Å²) in [6.45, 7) is -1.65. The van der Waals surface area contributed by atoms with Gasteiger partial charge in [0.1, 0.15) is 5.75 Å². The first-order chi connectivity index (χ1) is 15.6. The van der Waals surface area contributed by atoms with E-state index in [0.717, 1.165) is 5.56 Å². The normalized spacial score (nSPS) is 12.1.